The van der Waals surface area contributed by atoms with Gasteiger partial charge in [-0.25, -0.2) is 0 Å². The van der Waals surface area contributed by atoms with Crippen LogP contribution in [0.25, 0.3) is 0 Å². The Labute approximate surface area is 83.9 Å². The number of aliphatic hydroxyl groups excluding tert-OH is 1. The minimum atomic E-state index is 0.0283. The highest BCUT2D eigenvalue weighted by atomic mass is 16.5. The molecule has 0 heterocycles. The van der Waals surface area contributed by atoms with Gasteiger partial charge in [0.15, 0.2) is 0 Å². The fraction of sp³-hybridized carbons (Fsp3) is 0.700. The van der Waals surface area contributed by atoms with Gasteiger partial charge in [-0.05, 0) is 12.8 Å². The summed E-state index contributed by atoms with van der Waals surface area (Å²) in [5, 5.41) is 11.2. The van der Waals surface area contributed by atoms with Crippen molar-refractivity contribution in [3.8, 4) is 0 Å². The number of hydrogen-bond donors (Lipinski definition) is 2. The molecule has 1 aliphatic rings. The lowest BCUT2D eigenvalue weighted by molar-refractivity contribution is -0.124. The van der Waals surface area contributed by atoms with E-state index in [0.29, 0.717) is 19.8 Å². The molecule has 0 unspecified atom stereocenters. The molecule has 0 radical (unpaired) electrons. The van der Waals surface area contributed by atoms with E-state index in [4.69, 9.17) is 9.84 Å². The normalized spacial score (nSPS) is 16.1. The maximum absolute atomic E-state index is 11.4. The van der Waals surface area contributed by atoms with Crippen molar-refractivity contribution in [3.05, 3.63) is 12.2 Å². The standard InChI is InChI=1S/C10H17NO3/c12-6-8-14-7-5-11-10(13)9-3-1-2-4-9/h1-2,9,12H,3-8H2,(H,11,13). The third-order valence-electron chi connectivity index (χ3n) is 2.16. The number of aliphatic hydroxyl groups is 1. The van der Waals surface area contributed by atoms with E-state index in [1.54, 1.807) is 0 Å². The molecule has 0 aromatic carbocycles. The van der Waals surface area contributed by atoms with Crippen molar-refractivity contribution < 1.29 is 14.6 Å². The summed E-state index contributed by atoms with van der Waals surface area (Å²) < 4.78 is 5.02. The first-order valence-electron chi connectivity index (χ1n) is 4.96. The zero-order valence-corrected chi connectivity index (χ0v) is 8.24. The Morgan fingerprint density at radius 3 is 2.79 bits per heavy atom. The van der Waals surface area contributed by atoms with Gasteiger partial charge in [-0.2, -0.15) is 0 Å². The van der Waals surface area contributed by atoms with Crippen molar-refractivity contribution >= 4 is 5.91 Å². The molecule has 4 heteroatoms. The minimum absolute atomic E-state index is 0.0283. The minimum Gasteiger partial charge on any atom is -0.394 e. The summed E-state index contributed by atoms with van der Waals surface area (Å²) in [6.45, 7) is 1.35. The molecule has 0 fully saturated rings. The Bertz CT molecular complexity index is 196. The predicted octanol–water partition coefficient (Wildman–Crippen LogP) is 0.0777. The van der Waals surface area contributed by atoms with E-state index in [1.807, 2.05) is 12.2 Å². The first-order chi connectivity index (χ1) is 6.84. The summed E-state index contributed by atoms with van der Waals surface area (Å²) in [4.78, 5) is 11.4. The molecule has 0 saturated heterocycles. The van der Waals surface area contributed by atoms with Crippen molar-refractivity contribution in [1.29, 1.82) is 0 Å². The molecule has 0 aromatic heterocycles. The van der Waals surface area contributed by atoms with Crippen molar-refractivity contribution in [3.63, 3.8) is 0 Å². The van der Waals surface area contributed by atoms with E-state index in [9.17, 15) is 4.79 Å². The summed E-state index contributed by atoms with van der Waals surface area (Å²) >= 11 is 0. The highest BCUT2D eigenvalue weighted by Crippen LogP contribution is 2.17. The second-order valence-corrected chi connectivity index (χ2v) is 3.27. The quantitative estimate of drug-likeness (QED) is 0.470. The molecule has 0 aliphatic heterocycles. The van der Waals surface area contributed by atoms with Crippen LogP contribution in [0.1, 0.15) is 12.8 Å². The van der Waals surface area contributed by atoms with Crippen molar-refractivity contribution in [2.75, 3.05) is 26.4 Å². The van der Waals surface area contributed by atoms with Crippen molar-refractivity contribution in [1.82, 2.24) is 5.32 Å². The van der Waals surface area contributed by atoms with E-state index in [-0.39, 0.29) is 18.4 Å². The second-order valence-electron chi connectivity index (χ2n) is 3.27. The Morgan fingerprint density at radius 2 is 2.14 bits per heavy atom. The largest absolute Gasteiger partial charge is 0.394 e. The number of hydrogen-bond acceptors (Lipinski definition) is 3. The lowest BCUT2D eigenvalue weighted by Gasteiger charge is -2.10. The smallest absolute Gasteiger partial charge is 0.223 e. The van der Waals surface area contributed by atoms with Gasteiger partial charge in [0.05, 0.1) is 19.8 Å². The number of amides is 1. The van der Waals surface area contributed by atoms with E-state index < -0.39 is 0 Å². The van der Waals surface area contributed by atoms with Gasteiger partial charge < -0.3 is 15.2 Å². The molecule has 1 aliphatic carbocycles. The van der Waals surface area contributed by atoms with Crippen LogP contribution in [0.4, 0.5) is 0 Å². The van der Waals surface area contributed by atoms with Gasteiger partial charge in [0, 0.05) is 12.5 Å². The van der Waals surface area contributed by atoms with E-state index in [1.165, 1.54) is 0 Å². The molecule has 0 atom stereocenters. The Kier molecular flexibility index (Phi) is 5.25. The molecule has 0 bridgehead atoms. The van der Waals surface area contributed by atoms with Gasteiger partial charge in [-0.15, -0.1) is 0 Å². The third kappa shape index (κ3) is 3.89. The molecule has 1 amide bonds. The molecule has 0 saturated carbocycles. The molecule has 80 valence electrons. The maximum atomic E-state index is 11.4. The van der Waals surface area contributed by atoms with E-state index in [0.717, 1.165) is 12.8 Å². The highest BCUT2D eigenvalue weighted by molar-refractivity contribution is 5.79. The highest BCUT2D eigenvalue weighted by Gasteiger charge is 2.18. The van der Waals surface area contributed by atoms with E-state index in [2.05, 4.69) is 5.32 Å². The lowest BCUT2D eigenvalue weighted by Crippen LogP contribution is -2.32. The Morgan fingerprint density at radius 1 is 1.43 bits per heavy atom. The van der Waals surface area contributed by atoms with E-state index >= 15 is 0 Å². The fourth-order valence-corrected chi connectivity index (χ4v) is 1.39. The fourth-order valence-electron chi connectivity index (χ4n) is 1.39. The van der Waals surface area contributed by atoms with Gasteiger partial charge in [0.25, 0.3) is 0 Å². The van der Waals surface area contributed by atoms with Crippen LogP contribution in [0.2, 0.25) is 0 Å². The van der Waals surface area contributed by atoms with Crippen LogP contribution in [-0.2, 0) is 9.53 Å². The first-order valence-corrected chi connectivity index (χ1v) is 4.96. The number of allylic oxidation sites excluding steroid dienone is 2. The van der Waals surface area contributed by atoms with Gasteiger partial charge in [-0.1, -0.05) is 12.2 Å². The Balaban J connectivity index is 1.98. The van der Waals surface area contributed by atoms with Gasteiger partial charge in [0.2, 0.25) is 5.91 Å². The van der Waals surface area contributed by atoms with Crippen LogP contribution in [-0.4, -0.2) is 37.4 Å². The molecule has 4 nitrogen and oxygen atoms in total. The monoisotopic (exact) mass is 199 g/mol. The molecular weight excluding hydrogens is 182 g/mol. The maximum Gasteiger partial charge on any atom is 0.223 e. The topological polar surface area (TPSA) is 58.6 Å². The van der Waals surface area contributed by atoms with Crippen LogP contribution in [0.3, 0.4) is 0 Å². The van der Waals surface area contributed by atoms with Gasteiger partial charge in [-0.3, -0.25) is 4.79 Å². The summed E-state index contributed by atoms with van der Waals surface area (Å²) in [7, 11) is 0. The van der Waals surface area contributed by atoms with Gasteiger partial charge >= 0.3 is 0 Å². The number of carbonyl (C=O) groups is 1. The molecule has 14 heavy (non-hydrogen) atoms. The molecule has 2 N–H and O–H groups in total. The van der Waals surface area contributed by atoms with Gasteiger partial charge in [0.1, 0.15) is 0 Å². The molecule has 0 spiro atoms. The SMILES string of the molecule is O=C(NCCOCCO)C1CC=CC1. The summed E-state index contributed by atoms with van der Waals surface area (Å²) in [6.07, 6.45) is 5.77. The summed E-state index contributed by atoms with van der Waals surface area (Å²) in [5.74, 6) is 0.218. The third-order valence-corrected chi connectivity index (χ3v) is 2.16. The first kappa shape index (κ1) is 11.2. The average Bonchev–Trinajstić information content (AvgIpc) is 2.70. The van der Waals surface area contributed by atoms with Crippen LogP contribution < -0.4 is 5.32 Å². The lowest BCUT2D eigenvalue weighted by atomic mass is 10.1. The number of rotatable bonds is 6. The van der Waals surface area contributed by atoms with Crippen molar-refractivity contribution in [2.24, 2.45) is 5.92 Å². The van der Waals surface area contributed by atoms with Crippen LogP contribution in [0.5, 0.6) is 0 Å². The summed E-state index contributed by atoms with van der Waals surface area (Å²) in [6, 6.07) is 0. The zero-order valence-electron chi connectivity index (χ0n) is 8.24. The molecular formula is C10H17NO3. The average molecular weight is 199 g/mol. The summed E-state index contributed by atoms with van der Waals surface area (Å²) in [5.41, 5.74) is 0. The van der Waals surface area contributed by atoms with Crippen LogP contribution in [0, 0.1) is 5.92 Å². The number of nitrogens with one attached hydrogen (secondary N) is 1. The van der Waals surface area contributed by atoms with Crippen molar-refractivity contribution in [2.45, 2.75) is 12.8 Å². The van der Waals surface area contributed by atoms with Crippen LogP contribution in [0.15, 0.2) is 12.2 Å². The Hall–Kier alpha value is -0.870. The number of ether oxygens (including phenoxy) is 1. The second kappa shape index (κ2) is 6.56. The number of carbonyl (C=O) groups excluding carboxylic acids is 1. The molecule has 0 aromatic rings. The predicted molar refractivity (Wildman–Crippen MR) is 52.8 cm³/mol. The molecule has 1 rings (SSSR count). The zero-order chi connectivity index (χ0) is 10.2. The van der Waals surface area contributed by atoms with Crippen LogP contribution >= 0.6 is 0 Å².